The Morgan fingerprint density at radius 2 is 1.94 bits per heavy atom. The molecule has 17 heavy (non-hydrogen) atoms. The Morgan fingerprint density at radius 3 is 2.47 bits per heavy atom. The summed E-state index contributed by atoms with van der Waals surface area (Å²) < 4.78 is 39.5. The molecule has 2 aromatic rings. The zero-order valence-corrected chi connectivity index (χ0v) is 9.42. The van der Waals surface area contributed by atoms with Crippen LogP contribution in [0.15, 0.2) is 30.7 Å². The first-order valence-corrected chi connectivity index (χ1v) is 5.06. The highest BCUT2D eigenvalue weighted by atomic mass is 19.4. The fourth-order valence-corrected chi connectivity index (χ4v) is 1.64. The van der Waals surface area contributed by atoms with Crippen LogP contribution in [0.3, 0.4) is 0 Å². The lowest BCUT2D eigenvalue weighted by Crippen LogP contribution is -2.13. The van der Waals surface area contributed by atoms with E-state index in [4.69, 9.17) is 0 Å². The maximum Gasteiger partial charge on any atom is 0.416 e. The molecule has 1 heterocycles. The summed E-state index contributed by atoms with van der Waals surface area (Å²) in [5.74, 6) is 0. The number of hydrogen-bond donors (Lipinski definition) is 0. The van der Waals surface area contributed by atoms with E-state index in [0.717, 1.165) is 17.8 Å². The van der Waals surface area contributed by atoms with Gasteiger partial charge in [-0.15, -0.1) is 0 Å². The third kappa shape index (κ3) is 2.51. The number of nitrogens with zero attached hydrogens (tertiary/aromatic N) is 2. The summed E-state index contributed by atoms with van der Waals surface area (Å²) in [5, 5.41) is 0. The van der Waals surface area contributed by atoms with Crippen molar-refractivity contribution >= 4 is 13.3 Å². The van der Waals surface area contributed by atoms with Crippen LogP contribution in [-0.4, -0.2) is 17.4 Å². The third-order valence-electron chi connectivity index (χ3n) is 2.40. The van der Waals surface area contributed by atoms with Crippen LogP contribution in [0.5, 0.6) is 0 Å². The minimum atomic E-state index is -4.32. The molecule has 0 radical (unpaired) electrons. The molecule has 0 saturated heterocycles. The predicted molar refractivity (Wildman–Crippen MR) is 61.5 cm³/mol. The Kier molecular flexibility index (Phi) is 2.73. The van der Waals surface area contributed by atoms with Crippen molar-refractivity contribution in [3.8, 4) is 5.69 Å². The van der Waals surface area contributed by atoms with Crippen LogP contribution in [0, 0.1) is 6.92 Å². The fraction of sp³-hybridized carbons (Fsp3) is 0.182. The van der Waals surface area contributed by atoms with Gasteiger partial charge in [-0.3, -0.25) is 0 Å². The molecular formula is C11H10BF3N2. The van der Waals surface area contributed by atoms with E-state index in [9.17, 15) is 13.2 Å². The van der Waals surface area contributed by atoms with Gasteiger partial charge in [-0.25, -0.2) is 4.98 Å². The second kappa shape index (κ2) is 3.94. The molecule has 0 aliphatic heterocycles. The third-order valence-corrected chi connectivity index (χ3v) is 2.40. The number of imidazole rings is 1. The molecule has 0 unspecified atom stereocenters. The summed E-state index contributed by atoms with van der Waals surface area (Å²) in [4.78, 5) is 4.00. The molecule has 88 valence electrons. The van der Waals surface area contributed by atoms with Crippen LogP contribution < -0.4 is 5.46 Å². The Morgan fingerprint density at radius 1 is 1.24 bits per heavy atom. The Bertz CT molecular complexity index is 546. The van der Waals surface area contributed by atoms with E-state index in [1.807, 2.05) is 0 Å². The highest BCUT2D eigenvalue weighted by Gasteiger charge is 2.30. The van der Waals surface area contributed by atoms with Crippen molar-refractivity contribution < 1.29 is 13.2 Å². The maximum absolute atomic E-state index is 12.6. The summed E-state index contributed by atoms with van der Waals surface area (Å²) >= 11 is 0. The molecule has 2 rings (SSSR count). The van der Waals surface area contributed by atoms with E-state index < -0.39 is 11.7 Å². The molecule has 0 spiro atoms. The van der Waals surface area contributed by atoms with Crippen LogP contribution in [0.1, 0.15) is 11.3 Å². The van der Waals surface area contributed by atoms with Gasteiger partial charge in [0.15, 0.2) is 0 Å². The minimum absolute atomic E-state index is 0.470. The van der Waals surface area contributed by atoms with Gasteiger partial charge in [-0.05, 0) is 19.1 Å². The van der Waals surface area contributed by atoms with E-state index in [1.165, 1.54) is 6.33 Å². The lowest BCUT2D eigenvalue weighted by Gasteiger charge is -2.11. The standard InChI is InChI=1S/C11H10BF3N2/c1-7-5-17(6-16-7)10-3-8(11(13,14)15)2-9(12)4-10/h2-6H,12H2,1H3. The van der Waals surface area contributed by atoms with E-state index in [0.29, 0.717) is 11.2 Å². The Balaban J connectivity index is 2.52. The quantitative estimate of drug-likeness (QED) is 0.687. The molecule has 1 aromatic carbocycles. The van der Waals surface area contributed by atoms with E-state index in [1.54, 1.807) is 31.6 Å². The SMILES string of the molecule is Bc1cc(-n2cnc(C)c2)cc(C(F)(F)F)c1. The number of hydrogen-bond acceptors (Lipinski definition) is 1. The largest absolute Gasteiger partial charge is 0.416 e. The molecule has 0 aliphatic rings. The molecular weight excluding hydrogens is 228 g/mol. The summed E-state index contributed by atoms with van der Waals surface area (Å²) in [5.41, 5.74) is 1.16. The van der Waals surface area contributed by atoms with Gasteiger partial charge in [-0.1, -0.05) is 11.5 Å². The highest BCUT2D eigenvalue weighted by molar-refractivity contribution is 6.32. The predicted octanol–water partition coefficient (Wildman–Crippen LogP) is 1.46. The van der Waals surface area contributed by atoms with Crippen LogP contribution >= 0.6 is 0 Å². The molecule has 1 aromatic heterocycles. The lowest BCUT2D eigenvalue weighted by atomic mass is 9.93. The topological polar surface area (TPSA) is 17.8 Å². The van der Waals surface area contributed by atoms with Crippen LogP contribution in [-0.2, 0) is 6.18 Å². The lowest BCUT2D eigenvalue weighted by molar-refractivity contribution is -0.137. The summed E-state index contributed by atoms with van der Waals surface area (Å²) in [6.07, 6.45) is -1.13. The summed E-state index contributed by atoms with van der Waals surface area (Å²) in [6.45, 7) is 1.79. The molecule has 6 heteroatoms. The fourth-order valence-electron chi connectivity index (χ4n) is 1.64. The van der Waals surface area contributed by atoms with E-state index >= 15 is 0 Å². The van der Waals surface area contributed by atoms with Gasteiger partial charge in [0.1, 0.15) is 7.85 Å². The number of aromatic nitrogens is 2. The second-order valence-corrected chi connectivity index (χ2v) is 3.98. The normalized spacial score (nSPS) is 11.8. The van der Waals surface area contributed by atoms with Gasteiger partial charge in [0.05, 0.1) is 17.6 Å². The number of aryl methyl sites for hydroxylation is 1. The Labute approximate surface area is 97.5 Å². The van der Waals surface area contributed by atoms with Crippen molar-refractivity contribution in [1.29, 1.82) is 0 Å². The van der Waals surface area contributed by atoms with Gasteiger partial charge in [0.2, 0.25) is 0 Å². The van der Waals surface area contributed by atoms with Crippen LogP contribution in [0.2, 0.25) is 0 Å². The van der Waals surface area contributed by atoms with Crippen molar-refractivity contribution in [2.24, 2.45) is 0 Å². The highest BCUT2D eigenvalue weighted by Crippen LogP contribution is 2.29. The van der Waals surface area contributed by atoms with Crippen LogP contribution in [0.4, 0.5) is 13.2 Å². The van der Waals surface area contributed by atoms with Gasteiger partial charge in [0.25, 0.3) is 0 Å². The second-order valence-electron chi connectivity index (χ2n) is 3.98. The average molecular weight is 238 g/mol. The zero-order valence-electron chi connectivity index (χ0n) is 9.42. The summed E-state index contributed by atoms with van der Waals surface area (Å²) in [7, 11) is 1.64. The van der Waals surface area contributed by atoms with Crippen molar-refractivity contribution in [2.75, 3.05) is 0 Å². The number of benzene rings is 1. The zero-order chi connectivity index (χ0) is 12.6. The van der Waals surface area contributed by atoms with Gasteiger partial charge in [0, 0.05) is 11.9 Å². The van der Waals surface area contributed by atoms with Crippen molar-refractivity contribution in [3.05, 3.63) is 42.0 Å². The molecule has 2 nitrogen and oxygen atoms in total. The molecule has 0 fully saturated rings. The van der Waals surface area contributed by atoms with E-state index in [-0.39, 0.29) is 0 Å². The smallest absolute Gasteiger partial charge is 0.306 e. The van der Waals surface area contributed by atoms with Crippen LogP contribution in [0.25, 0.3) is 5.69 Å². The molecule has 0 N–H and O–H groups in total. The van der Waals surface area contributed by atoms with Crippen molar-refractivity contribution in [3.63, 3.8) is 0 Å². The van der Waals surface area contributed by atoms with Gasteiger partial charge in [-0.2, -0.15) is 13.2 Å². The van der Waals surface area contributed by atoms with E-state index in [2.05, 4.69) is 4.98 Å². The van der Waals surface area contributed by atoms with Gasteiger partial charge < -0.3 is 4.57 Å². The minimum Gasteiger partial charge on any atom is -0.306 e. The molecule has 0 saturated carbocycles. The number of rotatable bonds is 1. The summed E-state index contributed by atoms with van der Waals surface area (Å²) in [6, 6.07) is 3.94. The first kappa shape index (κ1) is 11.8. The monoisotopic (exact) mass is 238 g/mol. The molecule has 0 aliphatic carbocycles. The average Bonchev–Trinajstić information content (AvgIpc) is 2.62. The maximum atomic E-state index is 12.6. The van der Waals surface area contributed by atoms with Gasteiger partial charge >= 0.3 is 6.18 Å². The van der Waals surface area contributed by atoms with Crippen molar-refractivity contribution in [1.82, 2.24) is 9.55 Å². The molecule has 0 amide bonds. The molecule has 0 atom stereocenters. The first-order chi connectivity index (χ1) is 7.86. The number of alkyl halides is 3. The van der Waals surface area contributed by atoms with Crippen molar-refractivity contribution in [2.45, 2.75) is 13.1 Å². The Hall–Kier alpha value is -1.72. The molecule has 0 bridgehead atoms. The number of halogens is 3. The first-order valence-electron chi connectivity index (χ1n) is 5.06.